The van der Waals surface area contributed by atoms with E-state index in [-0.39, 0.29) is 5.41 Å². The van der Waals surface area contributed by atoms with Gasteiger partial charge < -0.3 is 5.73 Å². The van der Waals surface area contributed by atoms with Crippen LogP contribution in [0.1, 0.15) is 20.8 Å². The molecular formula is C7H13NO. The van der Waals surface area contributed by atoms with Crippen molar-refractivity contribution in [2.75, 3.05) is 0 Å². The van der Waals surface area contributed by atoms with Crippen LogP contribution in [0.25, 0.3) is 0 Å². The summed E-state index contributed by atoms with van der Waals surface area (Å²) < 4.78 is 0. The highest BCUT2D eigenvalue weighted by molar-refractivity contribution is 5.74. The first kappa shape index (κ1) is 8.21. The number of hydrogen-bond donors (Lipinski definition) is 1. The predicted molar refractivity (Wildman–Crippen MR) is 37.8 cm³/mol. The van der Waals surface area contributed by atoms with Gasteiger partial charge in [-0.2, -0.15) is 0 Å². The van der Waals surface area contributed by atoms with Gasteiger partial charge in [-0.25, -0.2) is 0 Å². The normalized spacial score (nSPS) is 13.4. The van der Waals surface area contributed by atoms with Crippen LogP contribution in [-0.2, 0) is 4.79 Å². The number of rotatable bonds is 1. The van der Waals surface area contributed by atoms with Gasteiger partial charge in [0.15, 0.2) is 0 Å². The van der Waals surface area contributed by atoms with Crippen LogP contribution in [0.2, 0.25) is 0 Å². The smallest absolute Gasteiger partial charge is 0.147 e. The summed E-state index contributed by atoms with van der Waals surface area (Å²) in [5, 5.41) is 0. The molecule has 0 fully saturated rings. The monoisotopic (exact) mass is 127 g/mol. The van der Waals surface area contributed by atoms with Crippen molar-refractivity contribution < 1.29 is 4.79 Å². The lowest BCUT2D eigenvalue weighted by atomic mass is 9.88. The van der Waals surface area contributed by atoms with Crippen LogP contribution in [-0.4, -0.2) is 6.29 Å². The van der Waals surface area contributed by atoms with Crippen LogP contribution in [0.3, 0.4) is 0 Å². The van der Waals surface area contributed by atoms with Gasteiger partial charge in [-0.05, 0) is 5.41 Å². The standard InChI is InChI=1S/C7H13NO/c1-7(2,3)6(4-8)5-9/h4-5H,8H2,1-3H3. The molecule has 0 aliphatic rings. The lowest BCUT2D eigenvalue weighted by Gasteiger charge is -2.16. The second-order valence-corrected chi connectivity index (χ2v) is 2.99. The molecule has 2 N–H and O–H groups in total. The lowest BCUT2D eigenvalue weighted by molar-refractivity contribution is -0.105. The fourth-order valence-corrected chi connectivity index (χ4v) is 0.466. The molecule has 0 spiro atoms. The molecule has 0 saturated carbocycles. The fraction of sp³-hybridized carbons (Fsp3) is 0.571. The van der Waals surface area contributed by atoms with Gasteiger partial charge in [0.2, 0.25) is 0 Å². The average molecular weight is 127 g/mol. The van der Waals surface area contributed by atoms with Gasteiger partial charge in [0.05, 0.1) is 0 Å². The first-order valence-electron chi connectivity index (χ1n) is 2.90. The van der Waals surface area contributed by atoms with E-state index in [1.165, 1.54) is 6.20 Å². The van der Waals surface area contributed by atoms with Crippen molar-refractivity contribution in [3.05, 3.63) is 11.8 Å². The van der Waals surface area contributed by atoms with Gasteiger partial charge in [-0.15, -0.1) is 0 Å². The van der Waals surface area contributed by atoms with Gasteiger partial charge in [0.25, 0.3) is 0 Å². The summed E-state index contributed by atoms with van der Waals surface area (Å²) in [5.41, 5.74) is 5.70. The van der Waals surface area contributed by atoms with Crippen molar-refractivity contribution in [1.82, 2.24) is 0 Å². The van der Waals surface area contributed by atoms with E-state index in [9.17, 15) is 4.79 Å². The van der Waals surface area contributed by atoms with E-state index in [1.807, 2.05) is 20.8 Å². The molecule has 0 unspecified atom stereocenters. The molecule has 0 aromatic heterocycles. The Morgan fingerprint density at radius 3 is 1.89 bits per heavy atom. The molecular weight excluding hydrogens is 114 g/mol. The van der Waals surface area contributed by atoms with E-state index in [0.717, 1.165) is 6.29 Å². The van der Waals surface area contributed by atoms with Crippen molar-refractivity contribution >= 4 is 6.29 Å². The average Bonchev–Trinajstić information content (AvgIpc) is 1.65. The zero-order chi connectivity index (χ0) is 7.49. The Labute approximate surface area is 55.7 Å². The Morgan fingerprint density at radius 2 is 1.89 bits per heavy atom. The zero-order valence-electron chi connectivity index (χ0n) is 6.14. The number of hydrogen-bond acceptors (Lipinski definition) is 2. The Hall–Kier alpha value is -0.790. The van der Waals surface area contributed by atoms with Gasteiger partial charge in [-0.1, -0.05) is 20.8 Å². The largest absolute Gasteiger partial charge is 0.404 e. The summed E-state index contributed by atoms with van der Waals surface area (Å²) >= 11 is 0. The first-order chi connectivity index (χ1) is 4.02. The van der Waals surface area contributed by atoms with Gasteiger partial charge in [-0.3, -0.25) is 4.79 Å². The lowest BCUT2D eigenvalue weighted by Crippen LogP contribution is -2.11. The molecule has 0 aromatic rings. The first-order valence-corrected chi connectivity index (χ1v) is 2.90. The van der Waals surface area contributed by atoms with Crippen molar-refractivity contribution in [1.29, 1.82) is 0 Å². The third-order valence-corrected chi connectivity index (χ3v) is 1.17. The minimum Gasteiger partial charge on any atom is -0.404 e. The summed E-state index contributed by atoms with van der Waals surface area (Å²) in [5.74, 6) is 0. The molecule has 52 valence electrons. The minimum atomic E-state index is -0.115. The Balaban J connectivity index is 4.32. The maximum atomic E-state index is 10.2. The van der Waals surface area contributed by atoms with E-state index in [1.54, 1.807) is 0 Å². The van der Waals surface area contributed by atoms with Gasteiger partial charge in [0, 0.05) is 11.8 Å². The van der Waals surface area contributed by atoms with Crippen molar-refractivity contribution in [3.63, 3.8) is 0 Å². The second kappa shape index (κ2) is 2.67. The summed E-state index contributed by atoms with van der Waals surface area (Å²) in [6, 6.07) is 0. The number of nitrogens with two attached hydrogens (primary N) is 1. The summed E-state index contributed by atoms with van der Waals surface area (Å²) in [7, 11) is 0. The van der Waals surface area contributed by atoms with E-state index >= 15 is 0 Å². The number of allylic oxidation sites excluding steroid dienone is 1. The van der Waals surface area contributed by atoms with E-state index in [2.05, 4.69) is 0 Å². The van der Waals surface area contributed by atoms with Crippen LogP contribution >= 0.6 is 0 Å². The second-order valence-electron chi connectivity index (χ2n) is 2.99. The third kappa shape index (κ3) is 2.31. The van der Waals surface area contributed by atoms with Crippen LogP contribution in [0.5, 0.6) is 0 Å². The number of carbonyl (C=O) groups is 1. The summed E-state index contributed by atoms with van der Waals surface area (Å²) in [6.45, 7) is 5.83. The van der Waals surface area contributed by atoms with Gasteiger partial charge >= 0.3 is 0 Å². The molecule has 0 aliphatic carbocycles. The molecule has 2 nitrogen and oxygen atoms in total. The van der Waals surface area contributed by atoms with Gasteiger partial charge in [0.1, 0.15) is 6.29 Å². The van der Waals surface area contributed by atoms with Crippen LogP contribution in [0, 0.1) is 5.41 Å². The third-order valence-electron chi connectivity index (χ3n) is 1.17. The molecule has 0 rings (SSSR count). The topological polar surface area (TPSA) is 43.1 Å². The highest BCUT2D eigenvalue weighted by Crippen LogP contribution is 2.21. The fourth-order valence-electron chi connectivity index (χ4n) is 0.466. The van der Waals surface area contributed by atoms with Crippen molar-refractivity contribution in [3.8, 4) is 0 Å². The quantitative estimate of drug-likeness (QED) is 0.423. The predicted octanol–water partition coefficient (Wildman–Crippen LogP) is 1.07. The molecule has 0 heterocycles. The zero-order valence-corrected chi connectivity index (χ0v) is 6.14. The van der Waals surface area contributed by atoms with E-state index in [4.69, 9.17) is 5.73 Å². The van der Waals surface area contributed by atoms with Crippen LogP contribution in [0.4, 0.5) is 0 Å². The summed E-state index contributed by atoms with van der Waals surface area (Å²) in [4.78, 5) is 10.2. The highest BCUT2D eigenvalue weighted by atomic mass is 16.1. The maximum absolute atomic E-state index is 10.2. The van der Waals surface area contributed by atoms with Crippen molar-refractivity contribution in [2.45, 2.75) is 20.8 Å². The SMILES string of the molecule is CC(C)(C)C(C=O)=CN. The Kier molecular flexibility index (Phi) is 2.43. The molecule has 0 bridgehead atoms. The Bertz CT molecular complexity index is 130. The molecule has 0 aliphatic heterocycles. The maximum Gasteiger partial charge on any atom is 0.147 e. The minimum absolute atomic E-state index is 0.115. The molecule has 0 atom stereocenters. The molecule has 9 heavy (non-hydrogen) atoms. The molecule has 0 radical (unpaired) electrons. The highest BCUT2D eigenvalue weighted by Gasteiger charge is 2.14. The molecule has 2 heteroatoms. The van der Waals surface area contributed by atoms with E-state index in [0.29, 0.717) is 5.57 Å². The molecule has 0 aromatic carbocycles. The number of aldehydes is 1. The number of carbonyl (C=O) groups excluding carboxylic acids is 1. The van der Waals surface area contributed by atoms with E-state index < -0.39 is 0 Å². The molecule has 0 amide bonds. The molecule has 0 saturated heterocycles. The summed E-state index contributed by atoms with van der Waals surface area (Å²) in [6.07, 6.45) is 2.15. The Morgan fingerprint density at radius 1 is 1.44 bits per heavy atom. The van der Waals surface area contributed by atoms with Crippen LogP contribution in [0.15, 0.2) is 11.8 Å². The van der Waals surface area contributed by atoms with Crippen LogP contribution < -0.4 is 5.73 Å². The van der Waals surface area contributed by atoms with Crippen molar-refractivity contribution in [2.24, 2.45) is 11.1 Å².